The van der Waals surface area contributed by atoms with Gasteiger partial charge in [0.2, 0.25) is 8.32 Å². The van der Waals surface area contributed by atoms with Crippen LogP contribution < -0.4 is 0 Å². The fourth-order valence-corrected chi connectivity index (χ4v) is 5.87. The van der Waals surface area contributed by atoms with Crippen LogP contribution in [-0.2, 0) is 8.78 Å². The first-order chi connectivity index (χ1) is 5.10. The van der Waals surface area contributed by atoms with Crippen LogP contribution in [0.2, 0.25) is 18.1 Å². The molecule has 1 atom stereocenters. The van der Waals surface area contributed by atoms with E-state index in [0.29, 0.717) is 0 Å². The van der Waals surface area contributed by atoms with Gasteiger partial charge in [-0.1, -0.05) is 20.8 Å². The second-order valence-electron chi connectivity index (χ2n) is 2.61. The van der Waals surface area contributed by atoms with Gasteiger partial charge in [0.25, 0.3) is 0 Å². The van der Waals surface area contributed by atoms with E-state index in [0.717, 1.165) is 18.1 Å². The minimum absolute atomic E-state index is 0.928. The van der Waals surface area contributed by atoms with E-state index >= 15 is 0 Å². The third-order valence-electron chi connectivity index (χ3n) is 2.24. The van der Waals surface area contributed by atoms with Gasteiger partial charge in [-0.3, -0.25) is 4.57 Å². The van der Waals surface area contributed by atoms with Gasteiger partial charge in [0.05, 0.1) is 0 Å². The van der Waals surface area contributed by atoms with E-state index in [1.165, 1.54) is 0 Å². The highest BCUT2D eigenvalue weighted by Gasteiger charge is 2.30. The first-order valence-corrected chi connectivity index (χ1v) is 7.81. The van der Waals surface area contributed by atoms with Gasteiger partial charge in [-0.15, -0.1) is 0 Å². The molecule has 0 spiro atoms. The summed E-state index contributed by atoms with van der Waals surface area (Å²) in [6.07, 6.45) is 0. The van der Waals surface area contributed by atoms with Crippen LogP contribution in [-0.4, -0.2) is 13.2 Å². The Balaban J connectivity index is 4.16. The summed E-state index contributed by atoms with van der Waals surface area (Å²) in [6.45, 7) is 6.10. The Morgan fingerprint density at radius 2 is 1.64 bits per heavy atom. The van der Waals surface area contributed by atoms with Gasteiger partial charge >= 0.3 is 8.25 Å². The first kappa shape index (κ1) is 11.4. The monoisotopic (exact) mass is 196 g/mol. The lowest BCUT2D eigenvalue weighted by molar-refractivity contribution is 0.402. The quantitative estimate of drug-likeness (QED) is 0.542. The Morgan fingerprint density at radius 1 is 1.27 bits per heavy atom. The molecule has 0 radical (unpaired) electrons. The maximum Gasteiger partial charge on any atom is 0.306 e. The topological polar surface area (TPSA) is 46.5 Å². The molecule has 1 N–H and O–H groups in total. The number of hydrogen-bond donors (Lipinski definition) is 1. The summed E-state index contributed by atoms with van der Waals surface area (Å²) in [4.78, 5) is 8.64. The van der Waals surface area contributed by atoms with Gasteiger partial charge in [-0.25, -0.2) is 0 Å². The molecular formula is C6H17O3PSi. The van der Waals surface area contributed by atoms with E-state index in [2.05, 4.69) is 0 Å². The van der Waals surface area contributed by atoms with Crippen molar-refractivity contribution in [1.82, 2.24) is 0 Å². The van der Waals surface area contributed by atoms with E-state index in [1.807, 2.05) is 20.8 Å². The first-order valence-electron chi connectivity index (χ1n) is 4.02. The molecule has 0 aliphatic rings. The van der Waals surface area contributed by atoms with Crippen molar-refractivity contribution < 1.29 is 13.7 Å². The van der Waals surface area contributed by atoms with E-state index in [9.17, 15) is 4.57 Å². The van der Waals surface area contributed by atoms with Crippen molar-refractivity contribution in [1.29, 1.82) is 0 Å². The molecule has 11 heavy (non-hydrogen) atoms. The highest BCUT2D eigenvalue weighted by molar-refractivity contribution is 7.34. The summed E-state index contributed by atoms with van der Waals surface area (Å²) in [6, 6.07) is 2.78. The summed E-state index contributed by atoms with van der Waals surface area (Å²) in [5, 5.41) is 0. The van der Waals surface area contributed by atoms with Crippen molar-refractivity contribution in [3.05, 3.63) is 0 Å². The molecule has 0 fully saturated rings. The van der Waals surface area contributed by atoms with Crippen molar-refractivity contribution >= 4 is 16.6 Å². The molecule has 0 saturated carbocycles. The molecule has 0 aromatic heterocycles. The predicted octanol–water partition coefficient (Wildman–Crippen LogP) is 2.39. The van der Waals surface area contributed by atoms with Gasteiger partial charge in [0.1, 0.15) is 0 Å². The number of rotatable bonds is 5. The van der Waals surface area contributed by atoms with Crippen LogP contribution in [0.25, 0.3) is 0 Å². The molecule has 0 aromatic rings. The lowest BCUT2D eigenvalue weighted by atomic mass is 10.9. The molecule has 1 unspecified atom stereocenters. The zero-order valence-corrected chi connectivity index (χ0v) is 9.39. The van der Waals surface area contributed by atoms with E-state index in [1.54, 1.807) is 0 Å². The molecule has 0 amide bonds. The smallest absolute Gasteiger partial charge is 0.306 e. The summed E-state index contributed by atoms with van der Waals surface area (Å²) < 4.78 is 15.6. The largest absolute Gasteiger partial charge is 0.352 e. The van der Waals surface area contributed by atoms with Crippen molar-refractivity contribution in [3.63, 3.8) is 0 Å². The number of hydrogen-bond acceptors (Lipinski definition) is 2. The van der Waals surface area contributed by atoms with Gasteiger partial charge in [0.15, 0.2) is 0 Å². The van der Waals surface area contributed by atoms with Gasteiger partial charge in [-0.05, 0) is 18.1 Å². The average Bonchev–Trinajstić information content (AvgIpc) is 2.00. The van der Waals surface area contributed by atoms with Crippen molar-refractivity contribution in [2.75, 3.05) is 0 Å². The third kappa shape index (κ3) is 3.52. The molecular weight excluding hydrogens is 179 g/mol. The lowest BCUT2D eigenvalue weighted by Gasteiger charge is -2.25. The second kappa shape index (κ2) is 5.09. The summed E-state index contributed by atoms with van der Waals surface area (Å²) in [5.74, 6) is 0. The maximum atomic E-state index is 10.5. The molecule has 5 heteroatoms. The predicted molar refractivity (Wildman–Crippen MR) is 49.5 cm³/mol. The summed E-state index contributed by atoms with van der Waals surface area (Å²) in [5.41, 5.74) is 0. The molecule has 3 nitrogen and oxygen atoms in total. The summed E-state index contributed by atoms with van der Waals surface area (Å²) in [7, 11) is -4.51. The molecule has 0 aliphatic carbocycles. The second-order valence-corrected chi connectivity index (χ2v) is 8.45. The Labute approximate surface area is 69.9 Å². The van der Waals surface area contributed by atoms with Crippen LogP contribution in [0.4, 0.5) is 0 Å². The normalized spacial score (nSPS) is 14.9. The molecule has 0 aromatic carbocycles. The maximum absolute atomic E-state index is 10.5. The highest BCUT2D eigenvalue weighted by Crippen LogP contribution is 2.31. The third-order valence-corrected chi connectivity index (χ3v) is 8.53. The SMILES string of the molecule is CC[Si](CC)(CC)O[PH](=O)O. The molecule has 0 heterocycles. The van der Waals surface area contributed by atoms with Crippen LogP contribution in [0.15, 0.2) is 0 Å². The Hall–Kier alpha value is 0.367. The van der Waals surface area contributed by atoms with Gasteiger partial charge < -0.3 is 9.11 Å². The average molecular weight is 196 g/mol. The zero-order chi connectivity index (χ0) is 8.91. The Morgan fingerprint density at radius 3 is 1.73 bits per heavy atom. The molecule has 68 valence electrons. The standard InChI is InChI=1S/C6H17O3PSi/c1-4-11(5-2,6-3)9-10(7)8/h10H,4-6H2,1-3H3,(H,7,8). The van der Waals surface area contributed by atoms with Crippen LogP contribution in [0.5, 0.6) is 0 Å². The van der Waals surface area contributed by atoms with Crippen LogP contribution in [0, 0.1) is 0 Å². The van der Waals surface area contributed by atoms with Crippen molar-refractivity contribution in [3.8, 4) is 0 Å². The van der Waals surface area contributed by atoms with Crippen LogP contribution in [0.3, 0.4) is 0 Å². The van der Waals surface area contributed by atoms with E-state index < -0.39 is 16.6 Å². The molecule has 0 aliphatic heterocycles. The lowest BCUT2D eigenvalue weighted by Crippen LogP contribution is -2.32. The fraction of sp³-hybridized carbons (Fsp3) is 1.00. The van der Waals surface area contributed by atoms with Gasteiger partial charge in [-0.2, -0.15) is 0 Å². The Bertz CT molecular complexity index is 128. The molecule has 0 rings (SSSR count). The summed E-state index contributed by atoms with van der Waals surface area (Å²) >= 11 is 0. The molecule has 0 saturated heterocycles. The fourth-order valence-electron chi connectivity index (χ4n) is 1.15. The van der Waals surface area contributed by atoms with E-state index in [4.69, 9.17) is 9.11 Å². The highest BCUT2D eigenvalue weighted by atomic mass is 31.1. The Kier molecular flexibility index (Phi) is 5.26. The van der Waals surface area contributed by atoms with Gasteiger partial charge in [0, 0.05) is 0 Å². The van der Waals surface area contributed by atoms with Crippen LogP contribution in [0.1, 0.15) is 20.8 Å². The van der Waals surface area contributed by atoms with Crippen LogP contribution >= 0.6 is 8.25 Å². The minimum atomic E-state index is -2.72. The minimum Gasteiger partial charge on any atom is -0.352 e. The zero-order valence-electron chi connectivity index (χ0n) is 7.39. The van der Waals surface area contributed by atoms with E-state index in [-0.39, 0.29) is 0 Å². The van der Waals surface area contributed by atoms with Crippen molar-refractivity contribution in [2.45, 2.75) is 38.9 Å². The molecule has 0 bridgehead atoms. The van der Waals surface area contributed by atoms with Crippen molar-refractivity contribution in [2.24, 2.45) is 0 Å².